The maximum atomic E-state index is 8.87. The lowest BCUT2D eigenvalue weighted by Gasteiger charge is -2.12. The highest BCUT2D eigenvalue weighted by atomic mass is 16.3. The van der Waals surface area contributed by atoms with Crippen LogP contribution in [0.4, 0.5) is 0 Å². The Morgan fingerprint density at radius 2 is 2.07 bits per heavy atom. The summed E-state index contributed by atoms with van der Waals surface area (Å²) in [6, 6.07) is 0. The summed E-state index contributed by atoms with van der Waals surface area (Å²) < 4.78 is 0. The molecule has 0 bridgehead atoms. The van der Waals surface area contributed by atoms with E-state index in [1.54, 1.807) is 0 Å². The van der Waals surface area contributed by atoms with Crippen LogP contribution < -0.4 is 11.1 Å². The molecule has 0 radical (unpaired) electrons. The van der Waals surface area contributed by atoms with E-state index in [0.717, 1.165) is 38.8 Å². The Bertz CT molecular complexity index is 165. The first-order chi connectivity index (χ1) is 7.24. The molecule has 0 heterocycles. The smallest absolute Gasteiger partial charge is 0.188 e. The summed E-state index contributed by atoms with van der Waals surface area (Å²) in [6.45, 7) is 6.06. The fourth-order valence-electron chi connectivity index (χ4n) is 1.45. The number of guanidine groups is 1. The van der Waals surface area contributed by atoms with Crippen LogP contribution in [0.1, 0.15) is 39.5 Å². The van der Waals surface area contributed by atoms with Gasteiger partial charge in [0.15, 0.2) is 5.96 Å². The Hall–Kier alpha value is -0.770. The first-order valence-corrected chi connectivity index (χ1v) is 5.89. The number of nitrogens with zero attached hydrogens (tertiary/aromatic N) is 1. The topological polar surface area (TPSA) is 70.6 Å². The Morgan fingerprint density at radius 1 is 1.33 bits per heavy atom. The number of aliphatic hydroxyl groups excluding tert-OH is 1. The van der Waals surface area contributed by atoms with Gasteiger partial charge >= 0.3 is 0 Å². The van der Waals surface area contributed by atoms with Crippen molar-refractivity contribution in [2.75, 3.05) is 19.7 Å². The number of aliphatic imine (C=N–C) groups is 1. The summed E-state index contributed by atoms with van der Waals surface area (Å²) in [5, 5.41) is 11.9. The van der Waals surface area contributed by atoms with Gasteiger partial charge in [0.2, 0.25) is 0 Å². The lowest BCUT2D eigenvalue weighted by Crippen LogP contribution is -2.32. The molecule has 4 N–H and O–H groups in total. The second-order valence-electron chi connectivity index (χ2n) is 3.82. The van der Waals surface area contributed by atoms with E-state index in [-0.39, 0.29) is 6.61 Å². The third-order valence-corrected chi connectivity index (χ3v) is 2.31. The van der Waals surface area contributed by atoms with Crippen molar-refractivity contribution in [1.29, 1.82) is 0 Å². The van der Waals surface area contributed by atoms with Crippen LogP contribution in [0.5, 0.6) is 0 Å². The molecule has 0 aliphatic rings. The third-order valence-electron chi connectivity index (χ3n) is 2.31. The predicted molar refractivity (Wildman–Crippen MR) is 64.9 cm³/mol. The minimum atomic E-state index is 0.239. The minimum absolute atomic E-state index is 0.239. The molecule has 4 heteroatoms. The summed E-state index contributed by atoms with van der Waals surface area (Å²) in [7, 11) is 0. The van der Waals surface area contributed by atoms with Crippen molar-refractivity contribution in [3.05, 3.63) is 0 Å². The quantitative estimate of drug-likeness (QED) is 0.419. The average molecular weight is 215 g/mol. The zero-order valence-corrected chi connectivity index (χ0v) is 10.00. The van der Waals surface area contributed by atoms with Crippen LogP contribution in [0.3, 0.4) is 0 Å². The van der Waals surface area contributed by atoms with E-state index >= 15 is 0 Å². The van der Waals surface area contributed by atoms with Gasteiger partial charge in [0.1, 0.15) is 0 Å². The second-order valence-corrected chi connectivity index (χ2v) is 3.82. The van der Waals surface area contributed by atoms with E-state index in [4.69, 9.17) is 10.8 Å². The molecule has 0 saturated heterocycles. The Balaban J connectivity index is 3.83. The molecule has 0 fully saturated rings. The first kappa shape index (κ1) is 14.2. The standard InChI is InChI=1S/C11H25N3O/c1-3-5-10(6-8-15)9-14-11(12)13-7-4-2/h10,15H,3-9H2,1-2H3,(H3,12,13,14). The van der Waals surface area contributed by atoms with E-state index in [0.29, 0.717) is 11.9 Å². The lowest BCUT2D eigenvalue weighted by atomic mass is 10.0. The van der Waals surface area contributed by atoms with E-state index in [1.807, 2.05) is 0 Å². The van der Waals surface area contributed by atoms with Gasteiger partial charge < -0.3 is 16.2 Å². The fourth-order valence-corrected chi connectivity index (χ4v) is 1.45. The minimum Gasteiger partial charge on any atom is -0.396 e. The fraction of sp³-hybridized carbons (Fsp3) is 0.909. The van der Waals surface area contributed by atoms with Crippen LogP contribution in [-0.4, -0.2) is 30.8 Å². The largest absolute Gasteiger partial charge is 0.396 e. The molecule has 0 aromatic carbocycles. The van der Waals surface area contributed by atoms with Crippen LogP contribution in [0, 0.1) is 5.92 Å². The molecule has 0 aromatic heterocycles. The van der Waals surface area contributed by atoms with Gasteiger partial charge in [-0.2, -0.15) is 0 Å². The number of hydrogen-bond acceptors (Lipinski definition) is 2. The van der Waals surface area contributed by atoms with Crippen LogP contribution in [-0.2, 0) is 0 Å². The Morgan fingerprint density at radius 3 is 2.60 bits per heavy atom. The summed E-state index contributed by atoms with van der Waals surface area (Å²) in [4.78, 5) is 4.27. The molecule has 90 valence electrons. The molecule has 0 spiro atoms. The lowest BCUT2D eigenvalue weighted by molar-refractivity contribution is 0.253. The van der Waals surface area contributed by atoms with Gasteiger partial charge in [-0.15, -0.1) is 0 Å². The Kier molecular flexibility index (Phi) is 9.27. The zero-order valence-electron chi connectivity index (χ0n) is 10.00. The predicted octanol–water partition coefficient (Wildman–Crippen LogP) is 1.10. The van der Waals surface area contributed by atoms with Gasteiger partial charge in [0, 0.05) is 19.7 Å². The number of rotatable bonds is 8. The van der Waals surface area contributed by atoms with Gasteiger partial charge in [-0.1, -0.05) is 20.3 Å². The highest BCUT2D eigenvalue weighted by Gasteiger charge is 2.06. The normalized spacial score (nSPS) is 13.9. The summed E-state index contributed by atoms with van der Waals surface area (Å²) >= 11 is 0. The molecule has 4 nitrogen and oxygen atoms in total. The second kappa shape index (κ2) is 9.77. The molecule has 0 aromatic rings. The molecule has 0 amide bonds. The van der Waals surface area contributed by atoms with Gasteiger partial charge in [0.05, 0.1) is 0 Å². The van der Waals surface area contributed by atoms with Gasteiger partial charge in [0.25, 0.3) is 0 Å². The van der Waals surface area contributed by atoms with Crippen LogP contribution in [0.2, 0.25) is 0 Å². The average Bonchev–Trinajstić information content (AvgIpc) is 2.23. The SMILES string of the molecule is CCCNC(N)=NCC(CCC)CCO. The van der Waals surface area contributed by atoms with Crippen molar-refractivity contribution in [2.24, 2.45) is 16.6 Å². The van der Waals surface area contributed by atoms with Gasteiger partial charge in [-0.3, -0.25) is 4.99 Å². The first-order valence-electron chi connectivity index (χ1n) is 5.89. The van der Waals surface area contributed by atoms with Crippen molar-refractivity contribution in [3.8, 4) is 0 Å². The number of nitrogens with two attached hydrogens (primary N) is 1. The van der Waals surface area contributed by atoms with Crippen molar-refractivity contribution < 1.29 is 5.11 Å². The third kappa shape index (κ3) is 8.24. The van der Waals surface area contributed by atoms with Crippen molar-refractivity contribution >= 4 is 5.96 Å². The molecule has 0 aliphatic carbocycles. The molecule has 1 atom stereocenters. The van der Waals surface area contributed by atoms with E-state index in [2.05, 4.69) is 24.2 Å². The monoisotopic (exact) mass is 215 g/mol. The number of nitrogens with one attached hydrogen (secondary N) is 1. The van der Waals surface area contributed by atoms with E-state index in [9.17, 15) is 0 Å². The van der Waals surface area contributed by atoms with Crippen LogP contribution in [0.15, 0.2) is 4.99 Å². The van der Waals surface area contributed by atoms with E-state index in [1.165, 1.54) is 0 Å². The summed E-state index contributed by atoms with van der Waals surface area (Å²) in [5.41, 5.74) is 5.68. The van der Waals surface area contributed by atoms with Crippen molar-refractivity contribution in [3.63, 3.8) is 0 Å². The number of hydrogen-bond donors (Lipinski definition) is 3. The van der Waals surface area contributed by atoms with Gasteiger partial charge in [-0.05, 0) is 25.2 Å². The molecule has 0 saturated carbocycles. The summed E-state index contributed by atoms with van der Waals surface area (Å²) in [5.74, 6) is 0.984. The molecular formula is C11H25N3O. The number of aliphatic hydroxyl groups is 1. The highest BCUT2D eigenvalue weighted by Crippen LogP contribution is 2.10. The zero-order chi connectivity index (χ0) is 11.5. The Labute approximate surface area is 93.0 Å². The molecule has 0 rings (SSSR count). The van der Waals surface area contributed by atoms with Crippen molar-refractivity contribution in [2.45, 2.75) is 39.5 Å². The summed E-state index contributed by atoms with van der Waals surface area (Å²) in [6.07, 6.45) is 4.09. The van der Waals surface area contributed by atoms with E-state index < -0.39 is 0 Å². The van der Waals surface area contributed by atoms with Crippen LogP contribution >= 0.6 is 0 Å². The van der Waals surface area contributed by atoms with Gasteiger partial charge in [-0.25, -0.2) is 0 Å². The molecular weight excluding hydrogens is 190 g/mol. The van der Waals surface area contributed by atoms with Crippen LogP contribution in [0.25, 0.3) is 0 Å². The molecule has 1 unspecified atom stereocenters. The maximum absolute atomic E-state index is 8.87. The molecule has 0 aliphatic heterocycles. The van der Waals surface area contributed by atoms with Crippen molar-refractivity contribution in [1.82, 2.24) is 5.32 Å². The maximum Gasteiger partial charge on any atom is 0.188 e. The highest BCUT2D eigenvalue weighted by molar-refractivity contribution is 5.77. The molecule has 15 heavy (non-hydrogen) atoms.